The van der Waals surface area contributed by atoms with Crippen LogP contribution in [0, 0.1) is 0 Å². The Morgan fingerprint density at radius 3 is 2.38 bits per heavy atom. The summed E-state index contributed by atoms with van der Waals surface area (Å²) < 4.78 is 0. The molecule has 1 aromatic rings. The summed E-state index contributed by atoms with van der Waals surface area (Å²) in [5, 5.41) is 3.39. The van der Waals surface area contributed by atoms with Crippen LogP contribution in [0.2, 0.25) is 0 Å². The fourth-order valence-corrected chi connectivity index (χ4v) is 3.35. The fraction of sp³-hybridized carbons (Fsp3) is 0.611. The van der Waals surface area contributed by atoms with Crippen molar-refractivity contribution < 1.29 is 4.79 Å². The highest BCUT2D eigenvalue weighted by molar-refractivity contribution is 5.88. The minimum atomic E-state index is -0.341. The molecule has 1 fully saturated rings. The second-order valence-corrected chi connectivity index (χ2v) is 6.29. The van der Waals surface area contributed by atoms with E-state index in [1.165, 1.54) is 5.56 Å². The van der Waals surface area contributed by atoms with Gasteiger partial charge in [-0.1, -0.05) is 37.3 Å². The van der Waals surface area contributed by atoms with Crippen LogP contribution in [0.1, 0.15) is 45.6 Å². The van der Waals surface area contributed by atoms with Crippen molar-refractivity contribution in [3.8, 4) is 0 Å². The number of rotatable bonds is 5. The number of nitrogens with one attached hydrogen (secondary N) is 1. The highest BCUT2D eigenvalue weighted by atomic mass is 16.2. The minimum absolute atomic E-state index is 0.257. The van der Waals surface area contributed by atoms with Crippen molar-refractivity contribution >= 4 is 5.91 Å². The summed E-state index contributed by atoms with van der Waals surface area (Å²) in [7, 11) is 0. The molecule has 21 heavy (non-hydrogen) atoms. The zero-order chi connectivity index (χ0) is 15.3. The van der Waals surface area contributed by atoms with Gasteiger partial charge in [-0.15, -0.1) is 0 Å². The Labute approximate surface area is 128 Å². The number of amides is 1. The van der Waals surface area contributed by atoms with Gasteiger partial charge in [0.05, 0.1) is 5.41 Å². The molecule has 0 spiro atoms. The smallest absolute Gasteiger partial charge is 0.233 e. The Balaban J connectivity index is 2.37. The molecule has 1 aromatic carbocycles. The number of hydrogen-bond acceptors (Lipinski definition) is 2. The zero-order valence-corrected chi connectivity index (χ0v) is 13.6. The van der Waals surface area contributed by atoms with E-state index in [0.717, 1.165) is 38.9 Å². The van der Waals surface area contributed by atoms with Crippen LogP contribution in [0.3, 0.4) is 0 Å². The first-order valence-corrected chi connectivity index (χ1v) is 8.19. The third kappa shape index (κ3) is 3.29. The number of nitrogens with zero attached hydrogens (tertiary/aromatic N) is 1. The molecule has 1 aliphatic heterocycles. The Bertz CT molecular complexity index is 450. The van der Waals surface area contributed by atoms with E-state index in [0.29, 0.717) is 5.91 Å². The summed E-state index contributed by atoms with van der Waals surface area (Å²) in [6.07, 6.45) is 2.79. The highest BCUT2D eigenvalue weighted by Crippen LogP contribution is 2.36. The molecule has 0 bridgehead atoms. The van der Waals surface area contributed by atoms with E-state index in [4.69, 9.17) is 0 Å². The van der Waals surface area contributed by atoms with Crippen LogP contribution in [0.4, 0.5) is 0 Å². The summed E-state index contributed by atoms with van der Waals surface area (Å²) >= 11 is 0. The van der Waals surface area contributed by atoms with Crippen molar-refractivity contribution in [2.75, 3.05) is 19.6 Å². The van der Waals surface area contributed by atoms with Crippen molar-refractivity contribution in [1.82, 2.24) is 10.2 Å². The summed E-state index contributed by atoms with van der Waals surface area (Å²) in [4.78, 5) is 15.4. The van der Waals surface area contributed by atoms with Crippen LogP contribution in [0.5, 0.6) is 0 Å². The predicted octanol–water partition coefficient (Wildman–Crippen LogP) is 2.95. The fourth-order valence-electron chi connectivity index (χ4n) is 3.35. The molecular weight excluding hydrogens is 260 g/mol. The summed E-state index contributed by atoms with van der Waals surface area (Å²) in [5.74, 6) is 0.312. The Morgan fingerprint density at radius 1 is 1.24 bits per heavy atom. The molecular formula is C18H28N2O. The predicted molar refractivity (Wildman–Crippen MR) is 87.4 cm³/mol. The zero-order valence-electron chi connectivity index (χ0n) is 13.6. The lowest BCUT2D eigenvalue weighted by atomic mass is 9.72. The standard InChI is InChI=1S/C18H28N2O/c1-4-14-20(15(2)3)17(21)18(10-12-19-13-11-18)16-8-6-5-7-9-16/h5-9,15,19H,4,10-14H2,1-3H3. The minimum Gasteiger partial charge on any atom is -0.340 e. The molecule has 2 rings (SSSR count). The maximum absolute atomic E-state index is 13.4. The molecule has 0 saturated carbocycles. The molecule has 1 amide bonds. The van der Waals surface area contributed by atoms with Gasteiger partial charge in [-0.05, 0) is 51.8 Å². The van der Waals surface area contributed by atoms with E-state index in [1.807, 2.05) is 18.2 Å². The van der Waals surface area contributed by atoms with Crippen molar-refractivity contribution in [2.45, 2.75) is 51.5 Å². The molecule has 3 heteroatoms. The van der Waals surface area contributed by atoms with Gasteiger partial charge in [0.15, 0.2) is 0 Å². The van der Waals surface area contributed by atoms with Gasteiger partial charge in [0.2, 0.25) is 5.91 Å². The molecule has 0 unspecified atom stereocenters. The Kier molecular flexibility index (Phi) is 5.40. The van der Waals surface area contributed by atoms with Gasteiger partial charge in [0, 0.05) is 12.6 Å². The van der Waals surface area contributed by atoms with Gasteiger partial charge >= 0.3 is 0 Å². The lowest BCUT2D eigenvalue weighted by molar-refractivity contribution is -0.140. The maximum Gasteiger partial charge on any atom is 0.233 e. The van der Waals surface area contributed by atoms with Crippen molar-refractivity contribution in [3.05, 3.63) is 35.9 Å². The van der Waals surface area contributed by atoms with Crippen LogP contribution < -0.4 is 5.32 Å². The van der Waals surface area contributed by atoms with Crippen LogP contribution in [-0.4, -0.2) is 36.5 Å². The number of carbonyl (C=O) groups excluding carboxylic acids is 1. The lowest BCUT2D eigenvalue weighted by Gasteiger charge is -2.42. The van der Waals surface area contributed by atoms with Gasteiger partial charge < -0.3 is 10.2 Å². The summed E-state index contributed by atoms with van der Waals surface area (Å²) in [6.45, 7) is 9.05. The molecule has 1 saturated heterocycles. The number of benzene rings is 1. The number of hydrogen-bond donors (Lipinski definition) is 1. The molecule has 0 radical (unpaired) electrons. The van der Waals surface area contributed by atoms with E-state index in [-0.39, 0.29) is 11.5 Å². The second kappa shape index (κ2) is 7.08. The van der Waals surface area contributed by atoms with Crippen LogP contribution in [0.25, 0.3) is 0 Å². The molecule has 1 aliphatic rings. The SMILES string of the molecule is CCCN(C(=O)C1(c2ccccc2)CCNCC1)C(C)C. The average molecular weight is 288 g/mol. The van der Waals surface area contributed by atoms with E-state index in [2.05, 4.69) is 43.1 Å². The van der Waals surface area contributed by atoms with E-state index >= 15 is 0 Å². The van der Waals surface area contributed by atoms with Crippen molar-refractivity contribution in [1.29, 1.82) is 0 Å². The van der Waals surface area contributed by atoms with Crippen LogP contribution >= 0.6 is 0 Å². The van der Waals surface area contributed by atoms with E-state index < -0.39 is 0 Å². The topological polar surface area (TPSA) is 32.3 Å². The van der Waals surface area contributed by atoms with E-state index in [9.17, 15) is 4.79 Å². The van der Waals surface area contributed by atoms with Crippen molar-refractivity contribution in [3.63, 3.8) is 0 Å². The number of carbonyl (C=O) groups is 1. The third-order valence-corrected chi connectivity index (χ3v) is 4.54. The quantitative estimate of drug-likeness (QED) is 0.903. The largest absolute Gasteiger partial charge is 0.340 e. The molecule has 3 nitrogen and oxygen atoms in total. The summed E-state index contributed by atoms with van der Waals surface area (Å²) in [6, 6.07) is 10.6. The van der Waals surface area contributed by atoms with Crippen molar-refractivity contribution in [2.24, 2.45) is 0 Å². The van der Waals surface area contributed by atoms with Gasteiger partial charge in [-0.3, -0.25) is 4.79 Å². The van der Waals surface area contributed by atoms with Gasteiger partial charge in [0.1, 0.15) is 0 Å². The molecule has 1 N–H and O–H groups in total. The monoisotopic (exact) mass is 288 g/mol. The van der Waals surface area contributed by atoms with E-state index in [1.54, 1.807) is 0 Å². The first-order chi connectivity index (χ1) is 10.1. The average Bonchev–Trinajstić information content (AvgIpc) is 2.53. The lowest BCUT2D eigenvalue weighted by Crippen LogP contribution is -2.54. The molecule has 1 heterocycles. The van der Waals surface area contributed by atoms with Crippen LogP contribution in [0.15, 0.2) is 30.3 Å². The Hall–Kier alpha value is -1.35. The van der Waals surface area contributed by atoms with Crippen LogP contribution in [-0.2, 0) is 10.2 Å². The normalized spacial score (nSPS) is 17.7. The molecule has 0 aliphatic carbocycles. The maximum atomic E-state index is 13.4. The molecule has 0 atom stereocenters. The molecule has 116 valence electrons. The second-order valence-electron chi connectivity index (χ2n) is 6.29. The Morgan fingerprint density at radius 2 is 1.86 bits per heavy atom. The van der Waals surface area contributed by atoms with Gasteiger partial charge in [0.25, 0.3) is 0 Å². The molecule has 0 aromatic heterocycles. The first kappa shape index (κ1) is 16.0. The first-order valence-electron chi connectivity index (χ1n) is 8.19. The highest BCUT2D eigenvalue weighted by Gasteiger charge is 2.43. The number of piperidine rings is 1. The van der Waals surface area contributed by atoms with Gasteiger partial charge in [-0.25, -0.2) is 0 Å². The third-order valence-electron chi connectivity index (χ3n) is 4.54. The van der Waals surface area contributed by atoms with Gasteiger partial charge in [-0.2, -0.15) is 0 Å². The summed E-state index contributed by atoms with van der Waals surface area (Å²) in [5.41, 5.74) is 0.838.